The minimum Gasteiger partial charge on any atom is -0.481 e. The zero-order valence-electron chi connectivity index (χ0n) is 18.4. The van der Waals surface area contributed by atoms with E-state index in [0.717, 1.165) is 25.5 Å². The van der Waals surface area contributed by atoms with E-state index in [-0.39, 0.29) is 5.56 Å². The summed E-state index contributed by atoms with van der Waals surface area (Å²) in [5, 5.41) is 9.89. The Morgan fingerprint density at radius 3 is 2.64 bits per heavy atom. The lowest BCUT2D eigenvalue weighted by Crippen LogP contribution is -2.68. The molecule has 9 nitrogen and oxygen atoms in total. The number of fused-ring (bicyclic) bond motifs is 2. The van der Waals surface area contributed by atoms with E-state index in [1.54, 1.807) is 13.3 Å². The van der Waals surface area contributed by atoms with Gasteiger partial charge in [-0.05, 0) is 30.4 Å². The van der Waals surface area contributed by atoms with Gasteiger partial charge in [-0.15, -0.1) is 0 Å². The molecule has 2 unspecified atom stereocenters. The number of rotatable bonds is 6. The number of pyridine rings is 2. The summed E-state index contributed by atoms with van der Waals surface area (Å²) in [6.45, 7) is 2.71. The molecule has 0 amide bonds. The number of nitrogens with one attached hydrogen (secondary N) is 1. The maximum Gasteiger partial charge on any atom is 0.270 e. The third-order valence-corrected chi connectivity index (χ3v) is 6.84. The van der Waals surface area contributed by atoms with Crippen molar-refractivity contribution in [1.29, 1.82) is 5.26 Å². The average Bonchev–Trinajstić information content (AvgIpc) is 2.87. The molecule has 0 spiro atoms. The molecule has 0 saturated carbocycles. The molecule has 6 rings (SSSR count). The van der Waals surface area contributed by atoms with E-state index in [2.05, 4.69) is 35.8 Å². The predicted octanol–water partition coefficient (Wildman–Crippen LogP) is 2.29. The van der Waals surface area contributed by atoms with Gasteiger partial charge in [-0.3, -0.25) is 9.69 Å². The number of hydrogen-bond donors (Lipinski definition) is 1. The molecule has 3 aliphatic heterocycles. The largest absolute Gasteiger partial charge is 0.481 e. The topological polar surface area (TPSA) is 111 Å². The number of hydrogen-bond acceptors (Lipinski definition) is 9. The summed E-state index contributed by atoms with van der Waals surface area (Å²) in [5.41, 5.74) is 1.78. The Kier molecular flexibility index (Phi) is 5.74. The second kappa shape index (κ2) is 8.84. The van der Waals surface area contributed by atoms with Gasteiger partial charge in [0.25, 0.3) is 5.56 Å². The van der Waals surface area contributed by atoms with Gasteiger partial charge < -0.3 is 14.6 Å². The van der Waals surface area contributed by atoms with Crippen LogP contribution in [0.1, 0.15) is 17.5 Å². The maximum atomic E-state index is 12.2. The van der Waals surface area contributed by atoms with Crippen molar-refractivity contribution < 1.29 is 4.74 Å². The third-order valence-electron chi connectivity index (χ3n) is 6.26. The SMILES string of the molecule is COc1ccc(CN2C3CC2CN(c2ccc(-c4nc(SC)[nH]c(=O)c4C#N)cn2)C3)cn1. The van der Waals surface area contributed by atoms with Gasteiger partial charge in [-0.25, -0.2) is 15.0 Å². The smallest absolute Gasteiger partial charge is 0.270 e. The van der Waals surface area contributed by atoms with Crippen molar-refractivity contribution in [1.82, 2.24) is 24.8 Å². The molecule has 10 heteroatoms. The van der Waals surface area contributed by atoms with Crippen molar-refractivity contribution in [3.05, 3.63) is 58.1 Å². The number of anilines is 1. The quantitative estimate of drug-likeness (QED) is 0.436. The van der Waals surface area contributed by atoms with Crippen LogP contribution in [0.25, 0.3) is 11.3 Å². The molecule has 3 fully saturated rings. The van der Waals surface area contributed by atoms with E-state index in [1.807, 2.05) is 36.7 Å². The Morgan fingerprint density at radius 2 is 2.03 bits per heavy atom. The Labute approximate surface area is 195 Å². The van der Waals surface area contributed by atoms with Crippen LogP contribution in [-0.2, 0) is 6.54 Å². The Balaban J connectivity index is 1.29. The first-order valence-corrected chi connectivity index (χ1v) is 11.9. The highest BCUT2D eigenvalue weighted by atomic mass is 32.2. The lowest BCUT2D eigenvalue weighted by Gasteiger charge is -2.56. The first-order valence-electron chi connectivity index (χ1n) is 10.6. The molecule has 0 aromatic carbocycles. The summed E-state index contributed by atoms with van der Waals surface area (Å²) in [4.78, 5) is 33.0. The van der Waals surface area contributed by atoms with Gasteiger partial charge in [0.2, 0.25) is 5.88 Å². The number of piperazine rings is 1. The fourth-order valence-corrected chi connectivity index (χ4v) is 4.92. The van der Waals surface area contributed by atoms with E-state index in [4.69, 9.17) is 4.74 Å². The summed E-state index contributed by atoms with van der Waals surface area (Å²) < 4.78 is 5.14. The fourth-order valence-electron chi connectivity index (χ4n) is 4.54. The van der Waals surface area contributed by atoms with Crippen molar-refractivity contribution in [2.75, 3.05) is 31.4 Å². The molecule has 3 aliphatic rings. The molecule has 0 aliphatic carbocycles. The number of thioether (sulfide) groups is 1. The van der Waals surface area contributed by atoms with Crippen molar-refractivity contribution in [2.24, 2.45) is 0 Å². The number of H-pyrrole nitrogens is 1. The molecule has 0 radical (unpaired) electrons. The van der Waals surface area contributed by atoms with E-state index >= 15 is 0 Å². The van der Waals surface area contributed by atoms with Crippen molar-refractivity contribution in [2.45, 2.75) is 30.2 Å². The van der Waals surface area contributed by atoms with Gasteiger partial charge in [-0.1, -0.05) is 17.8 Å². The zero-order chi connectivity index (χ0) is 22.9. The summed E-state index contributed by atoms with van der Waals surface area (Å²) in [6, 6.07) is 10.7. The molecule has 2 atom stereocenters. The molecule has 1 N–H and O–H groups in total. The van der Waals surface area contributed by atoms with Crippen LogP contribution in [0.2, 0.25) is 0 Å². The van der Waals surface area contributed by atoms with Gasteiger partial charge in [0, 0.05) is 55.7 Å². The Morgan fingerprint density at radius 1 is 1.21 bits per heavy atom. The van der Waals surface area contributed by atoms with Crippen molar-refractivity contribution in [3.8, 4) is 23.2 Å². The molecule has 3 aromatic heterocycles. The van der Waals surface area contributed by atoms with Gasteiger partial charge >= 0.3 is 0 Å². The lowest BCUT2D eigenvalue weighted by atomic mass is 9.87. The zero-order valence-corrected chi connectivity index (χ0v) is 19.2. The third kappa shape index (κ3) is 4.05. The van der Waals surface area contributed by atoms with Gasteiger partial charge in [0.1, 0.15) is 17.5 Å². The standard InChI is InChI=1S/C23H23N7O2S/c1-32-20-6-3-14(9-26-20)11-30-16-7-17(30)13-29(12-16)19-5-4-15(10-25-19)21-18(8-24)22(31)28-23(27-21)33-2/h3-6,9-10,16-17H,7,11-13H2,1-2H3,(H,27,28,31). The number of ether oxygens (including phenoxy) is 1. The Hall–Kier alpha value is -3.42. The van der Waals surface area contributed by atoms with E-state index < -0.39 is 5.56 Å². The summed E-state index contributed by atoms with van der Waals surface area (Å²) >= 11 is 1.32. The molecule has 2 bridgehead atoms. The van der Waals surface area contributed by atoms with Crippen LogP contribution < -0.4 is 15.2 Å². The summed E-state index contributed by atoms with van der Waals surface area (Å²) in [6.07, 6.45) is 6.60. The monoisotopic (exact) mass is 461 g/mol. The van der Waals surface area contributed by atoms with Crippen LogP contribution in [-0.4, -0.2) is 63.4 Å². The molecular weight excluding hydrogens is 438 g/mol. The van der Waals surface area contributed by atoms with Crippen LogP contribution in [0.15, 0.2) is 46.6 Å². The van der Waals surface area contributed by atoms with Crippen LogP contribution in [0.3, 0.4) is 0 Å². The maximum absolute atomic E-state index is 12.2. The summed E-state index contributed by atoms with van der Waals surface area (Å²) in [7, 11) is 1.62. The minimum atomic E-state index is -0.431. The molecule has 33 heavy (non-hydrogen) atoms. The molecular formula is C23H23N7O2S. The molecule has 3 saturated heterocycles. The number of nitriles is 1. The number of aromatic nitrogens is 4. The fraction of sp³-hybridized carbons (Fsp3) is 0.348. The Bertz CT molecular complexity index is 1240. The molecule has 168 valence electrons. The van der Waals surface area contributed by atoms with Crippen molar-refractivity contribution >= 4 is 17.6 Å². The van der Waals surface area contributed by atoms with E-state index in [9.17, 15) is 10.1 Å². The first kappa shape index (κ1) is 21.4. The second-order valence-electron chi connectivity index (χ2n) is 8.15. The highest BCUT2D eigenvalue weighted by Crippen LogP contribution is 2.35. The normalized spacial score (nSPS) is 19.6. The lowest BCUT2D eigenvalue weighted by molar-refractivity contribution is -0.00876. The molecule has 3 aromatic rings. The predicted molar refractivity (Wildman–Crippen MR) is 125 cm³/mol. The van der Waals surface area contributed by atoms with E-state index in [0.29, 0.717) is 34.4 Å². The first-order chi connectivity index (χ1) is 16.1. The van der Waals surface area contributed by atoms with Crippen LogP contribution in [0.5, 0.6) is 5.88 Å². The second-order valence-corrected chi connectivity index (χ2v) is 8.94. The number of nitrogens with zero attached hydrogens (tertiary/aromatic N) is 6. The van der Waals surface area contributed by atoms with Gasteiger partial charge in [0.05, 0.1) is 12.8 Å². The summed E-state index contributed by atoms with van der Waals surface area (Å²) in [5.74, 6) is 1.53. The average molecular weight is 462 g/mol. The van der Waals surface area contributed by atoms with Gasteiger partial charge in [-0.2, -0.15) is 5.26 Å². The van der Waals surface area contributed by atoms with Gasteiger partial charge in [0.15, 0.2) is 5.16 Å². The highest BCUT2D eigenvalue weighted by molar-refractivity contribution is 7.98. The van der Waals surface area contributed by atoms with Crippen LogP contribution in [0, 0.1) is 11.3 Å². The number of piperidine rings is 1. The minimum absolute atomic E-state index is 0.00484. The number of aromatic amines is 1. The van der Waals surface area contributed by atoms with Crippen molar-refractivity contribution in [3.63, 3.8) is 0 Å². The molecule has 6 heterocycles. The van der Waals surface area contributed by atoms with Crippen LogP contribution >= 0.6 is 11.8 Å². The highest BCUT2D eigenvalue weighted by Gasteiger charge is 2.44. The number of methoxy groups -OCH3 is 1. The van der Waals surface area contributed by atoms with Crippen LogP contribution in [0.4, 0.5) is 5.82 Å². The van der Waals surface area contributed by atoms with E-state index in [1.165, 1.54) is 23.7 Å².